The first kappa shape index (κ1) is 13.2. The van der Waals surface area contributed by atoms with Gasteiger partial charge in [0, 0.05) is 16.7 Å². The standard InChI is InChI=1S/C15H7Cl2FO2/c16-7-3-11-9-2-1-8(18)5-10(9)12(6-14(19)20)15(11)13(17)4-7/h1-6H,(H,19,20)/b12-6+. The lowest BCUT2D eigenvalue weighted by Gasteiger charge is -2.05. The van der Waals surface area contributed by atoms with Crippen LogP contribution in [0.25, 0.3) is 16.7 Å². The van der Waals surface area contributed by atoms with Crippen LogP contribution in [0, 0.1) is 5.82 Å². The lowest BCUT2D eigenvalue weighted by Crippen LogP contribution is -1.92. The average molecular weight is 309 g/mol. The van der Waals surface area contributed by atoms with Gasteiger partial charge >= 0.3 is 5.97 Å². The van der Waals surface area contributed by atoms with Crippen LogP contribution in [0.15, 0.2) is 36.4 Å². The summed E-state index contributed by atoms with van der Waals surface area (Å²) in [5, 5.41) is 9.79. The van der Waals surface area contributed by atoms with Gasteiger partial charge in [-0.25, -0.2) is 9.18 Å². The zero-order chi connectivity index (χ0) is 14.4. The Kier molecular flexibility index (Phi) is 3.04. The van der Waals surface area contributed by atoms with Gasteiger partial charge in [-0.15, -0.1) is 0 Å². The molecule has 0 atom stereocenters. The molecule has 0 heterocycles. The number of benzene rings is 2. The highest BCUT2D eigenvalue weighted by Crippen LogP contribution is 2.48. The van der Waals surface area contributed by atoms with Crippen molar-refractivity contribution in [3.8, 4) is 11.1 Å². The van der Waals surface area contributed by atoms with Crippen molar-refractivity contribution in [1.82, 2.24) is 0 Å². The highest BCUT2D eigenvalue weighted by molar-refractivity contribution is 6.37. The molecule has 0 bridgehead atoms. The first-order chi connectivity index (χ1) is 9.47. The van der Waals surface area contributed by atoms with Crippen LogP contribution >= 0.6 is 23.2 Å². The molecule has 0 spiro atoms. The van der Waals surface area contributed by atoms with Crippen molar-refractivity contribution in [2.75, 3.05) is 0 Å². The number of carboxylic acid groups (broad SMARTS) is 1. The SMILES string of the molecule is O=C(O)/C=C1\c2cc(F)ccc2-c2cc(Cl)cc(Cl)c21. The maximum atomic E-state index is 13.4. The summed E-state index contributed by atoms with van der Waals surface area (Å²) in [7, 11) is 0. The van der Waals surface area contributed by atoms with E-state index < -0.39 is 11.8 Å². The molecule has 100 valence electrons. The fourth-order valence-electron chi connectivity index (χ4n) is 2.44. The zero-order valence-electron chi connectivity index (χ0n) is 9.95. The third-order valence-electron chi connectivity index (χ3n) is 3.15. The number of fused-ring (bicyclic) bond motifs is 3. The van der Waals surface area contributed by atoms with Crippen molar-refractivity contribution in [3.05, 3.63) is 63.4 Å². The number of carboxylic acids is 1. The fraction of sp³-hybridized carbons (Fsp3) is 0. The Morgan fingerprint density at radius 1 is 1.10 bits per heavy atom. The molecule has 2 aromatic rings. The molecular formula is C15H7Cl2FO2. The molecular weight excluding hydrogens is 302 g/mol. The molecule has 1 aliphatic carbocycles. The summed E-state index contributed by atoms with van der Waals surface area (Å²) in [4.78, 5) is 11.0. The normalized spacial score (nSPS) is 14.2. The van der Waals surface area contributed by atoms with Crippen LogP contribution in [0.2, 0.25) is 10.0 Å². The molecule has 0 saturated heterocycles. The van der Waals surface area contributed by atoms with Gasteiger partial charge in [0.2, 0.25) is 0 Å². The van der Waals surface area contributed by atoms with Crippen LogP contribution in [0.1, 0.15) is 11.1 Å². The lowest BCUT2D eigenvalue weighted by atomic mass is 10.0. The Balaban J connectivity index is 2.41. The van der Waals surface area contributed by atoms with Crippen LogP contribution < -0.4 is 0 Å². The average Bonchev–Trinajstić information content (AvgIpc) is 2.63. The van der Waals surface area contributed by atoms with Crippen molar-refractivity contribution in [3.63, 3.8) is 0 Å². The molecule has 0 fully saturated rings. The number of rotatable bonds is 1. The Morgan fingerprint density at radius 2 is 1.85 bits per heavy atom. The van der Waals surface area contributed by atoms with Crippen molar-refractivity contribution in [2.45, 2.75) is 0 Å². The quantitative estimate of drug-likeness (QED) is 0.665. The summed E-state index contributed by atoms with van der Waals surface area (Å²) in [6.07, 6.45) is 1.03. The summed E-state index contributed by atoms with van der Waals surface area (Å²) >= 11 is 12.2. The van der Waals surface area contributed by atoms with Gasteiger partial charge in [-0.1, -0.05) is 29.3 Å². The molecule has 0 aromatic heterocycles. The van der Waals surface area contributed by atoms with Gasteiger partial charge in [0.15, 0.2) is 0 Å². The van der Waals surface area contributed by atoms with E-state index in [4.69, 9.17) is 28.3 Å². The Hall–Kier alpha value is -1.84. The third kappa shape index (κ3) is 1.99. The maximum Gasteiger partial charge on any atom is 0.328 e. The van der Waals surface area contributed by atoms with E-state index in [0.29, 0.717) is 32.3 Å². The second-order valence-corrected chi connectivity index (χ2v) is 5.24. The van der Waals surface area contributed by atoms with Gasteiger partial charge in [-0.2, -0.15) is 0 Å². The van der Waals surface area contributed by atoms with Gasteiger partial charge in [0.1, 0.15) is 5.82 Å². The smallest absolute Gasteiger partial charge is 0.328 e. The minimum absolute atomic E-state index is 0.344. The van der Waals surface area contributed by atoms with E-state index in [1.54, 1.807) is 18.2 Å². The first-order valence-electron chi connectivity index (χ1n) is 5.71. The molecule has 0 unspecified atom stereocenters. The van der Waals surface area contributed by atoms with Crippen LogP contribution in [-0.4, -0.2) is 11.1 Å². The monoisotopic (exact) mass is 308 g/mol. The summed E-state index contributed by atoms with van der Waals surface area (Å²) in [6.45, 7) is 0. The van der Waals surface area contributed by atoms with Crippen LogP contribution in [0.3, 0.4) is 0 Å². The van der Waals surface area contributed by atoms with E-state index in [1.807, 2.05) is 0 Å². The predicted molar refractivity (Wildman–Crippen MR) is 76.6 cm³/mol. The van der Waals surface area contributed by atoms with Gasteiger partial charge in [0.25, 0.3) is 0 Å². The number of halogens is 3. The Labute approximate surface area is 124 Å². The minimum Gasteiger partial charge on any atom is -0.478 e. The molecule has 2 aromatic carbocycles. The van der Waals surface area contributed by atoms with Crippen molar-refractivity contribution >= 4 is 34.7 Å². The van der Waals surface area contributed by atoms with E-state index >= 15 is 0 Å². The molecule has 3 rings (SSSR count). The lowest BCUT2D eigenvalue weighted by molar-refractivity contribution is -0.131. The molecule has 20 heavy (non-hydrogen) atoms. The van der Waals surface area contributed by atoms with Crippen molar-refractivity contribution in [1.29, 1.82) is 0 Å². The van der Waals surface area contributed by atoms with Crippen molar-refractivity contribution in [2.24, 2.45) is 0 Å². The van der Waals surface area contributed by atoms with E-state index in [-0.39, 0.29) is 0 Å². The van der Waals surface area contributed by atoms with Crippen LogP contribution in [-0.2, 0) is 4.79 Å². The number of hydrogen-bond donors (Lipinski definition) is 1. The summed E-state index contributed by atoms with van der Waals surface area (Å²) in [5.41, 5.74) is 2.90. The van der Waals surface area contributed by atoms with E-state index in [1.165, 1.54) is 12.1 Å². The fourth-order valence-corrected chi connectivity index (χ4v) is 3.04. The molecule has 0 saturated carbocycles. The molecule has 1 aliphatic rings. The van der Waals surface area contributed by atoms with E-state index in [9.17, 15) is 9.18 Å². The highest BCUT2D eigenvalue weighted by Gasteiger charge is 2.27. The predicted octanol–water partition coefficient (Wildman–Crippen LogP) is 4.63. The second kappa shape index (κ2) is 4.62. The second-order valence-electron chi connectivity index (χ2n) is 4.40. The topological polar surface area (TPSA) is 37.3 Å². The van der Waals surface area contributed by atoms with Crippen molar-refractivity contribution < 1.29 is 14.3 Å². The van der Waals surface area contributed by atoms with Gasteiger partial charge in [-0.3, -0.25) is 0 Å². The Morgan fingerprint density at radius 3 is 2.55 bits per heavy atom. The van der Waals surface area contributed by atoms with E-state index in [0.717, 1.165) is 11.6 Å². The summed E-state index contributed by atoms with van der Waals surface area (Å²) < 4.78 is 13.4. The van der Waals surface area contributed by atoms with Gasteiger partial charge in [-0.05, 0) is 46.5 Å². The molecule has 0 radical (unpaired) electrons. The zero-order valence-corrected chi connectivity index (χ0v) is 11.5. The largest absolute Gasteiger partial charge is 0.478 e. The van der Waals surface area contributed by atoms with Gasteiger partial charge in [0.05, 0.1) is 5.02 Å². The number of aliphatic carboxylic acids is 1. The van der Waals surface area contributed by atoms with Crippen LogP contribution in [0.4, 0.5) is 4.39 Å². The number of carbonyl (C=O) groups is 1. The molecule has 0 amide bonds. The minimum atomic E-state index is -1.12. The summed E-state index contributed by atoms with van der Waals surface area (Å²) in [5.74, 6) is -1.55. The summed E-state index contributed by atoms with van der Waals surface area (Å²) in [6, 6.07) is 7.45. The van der Waals surface area contributed by atoms with Gasteiger partial charge < -0.3 is 5.11 Å². The van der Waals surface area contributed by atoms with E-state index in [2.05, 4.69) is 0 Å². The molecule has 5 heteroatoms. The maximum absolute atomic E-state index is 13.4. The molecule has 0 aliphatic heterocycles. The third-order valence-corrected chi connectivity index (χ3v) is 3.67. The Bertz CT molecular complexity index is 782. The molecule has 2 nitrogen and oxygen atoms in total. The van der Waals surface area contributed by atoms with Crippen LogP contribution in [0.5, 0.6) is 0 Å². The molecule has 1 N–H and O–H groups in total. The highest BCUT2D eigenvalue weighted by atomic mass is 35.5. The first-order valence-corrected chi connectivity index (χ1v) is 6.47. The number of hydrogen-bond acceptors (Lipinski definition) is 1.